The zero-order chi connectivity index (χ0) is 17.8. The molecule has 0 aliphatic heterocycles. The standard InChI is InChI=1S/C18H18N4O3/c1-11-8-9-13(10-19-11)18(23)21-16(17-20-12(2)25-22-17)14-6-4-5-7-15(14)24-3/h4-10,16H,1-3H3,(H,21,23)/t16-/m0/s1. The van der Waals surface area contributed by atoms with Gasteiger partial charge in [-0.2, -0.15) is 4.98 Å². The molecule has 3 aromatic rings. The predicted molar refractivity (Wildman–Crippen MR) is 90.3 cm³/mol. The molecule has 128 valence electrons. The molecule has 0 aliphatic rings. The van der Waals surface area contributed by atoms with Crippen LogP contribution in [-0.4, -0.2) is 28.1 Å². The molecule has 1 aromatic carbocycles. The number of amides is 1. The second-order valence-corrected chi connectivity index (χ2v) is 5.51. The highest BCUT2D eigenvalue weighted by Crippen LogP contribution is 2.28. The van der Waals surface area contributed by atoms with Crippen molar-refractivity contribution in [3.05, 3.63) is 71.1 Å². The van der Waals surface area contributed by atoms with Gasteiger partial charge in [-0.1, -0.05) is 23.4 Å². The number of aromatic nitrogens is 3. The zero-order valence-electron chi connectivity index (χ0n) is 14.2. The summed E-state index contributed by atoms with van der Waals surface area (Å²) >= 11 is 0. The summed E-state index contributed by atoms with van der Waals surface area (Å²) in [6.07, 6.45) is 1.53. The van der Waals surface area contributed by atoms with Gasteiger partial charge in [-0.05, 0) is 25.1 Å². The lowest BCUT2D eigenvalue weighted by molar-refractivity contribution is 0.0940. The van der Waals surface area contributed by atoms with E-state index in [1.54, 1.807) is 26.2 Å². The van der Waals surface area contributed by atoms with E-state index < -0.39 is 6.04 Å². The van der Waals surface area contributed by atoms with Crippen LogP contribution in [0.15, 0.2) is 47.1 Å². The lowest BCUT2D eigenvalue weighted by atomic mass is 10.0. The Morgan fingerprint density at radius 1 is 1.20 bits per heavy atom. The maximum atomic E-state index is 12.6. The Bertz CT molecular complexity index is 874. The molecule has 2 heterocycles. The normalized spacial score (nSPS) is 11.8. The lowest BCUT2D eigenvalue weighted by Crippen LogP contribution is -2.30. The fraction of sp³-hybridized carbons (Fsp3) is 0.222. The van der Waals surface area contributed by atoms with E-state index in [-0.39, 0.29) is 5.91 Å². The van der Waals surface area contributed by atoms with Gasteiger partial charge in [0.1, 0.15) is 11.8 Å². The topological polar surface area (TPSA) is 90.1 Å². The molecule has 0 fully saturated rings. The Balaban J connectivity index is 1.97. The summed E-state index contributed by atoms with van der Waals surface area (Å²) in [5.41, 5.74) is 2.02. The van der Waals surface area contributed by atoms with Gasteiger partial charge in [-0.15, -0.1) is 0 Å². The molecule has 0 bridgehead atoms. The lowest BCUT2D eigenvalue weighted by Gasteiger charge is -2.18. The first-order valence-electron chi connectivity index (χ1n) is 7.75. The molecular formula is C18H18N4O3. The van der Waals surface area contributed by atoms with Crippen LogP contribution in [0.4, 0.5) is 0 Å². The number of hydrogen-bond acceptors (Lipinski definition) is 6. The van der Waals surface area contributed by atoms with Gasteiger partial charge < -0.3 is 14.6 Å². The summed E-state index contributed by atoms with van der Waals surface area (Å²) < 4.78 is 10.5. The van der Waals surface area contributed by atoms with Crippen molar-refractivity contribution in [3.63, 3.8) is 0 Å². The van der Waals surface area contributed by atoms with Gasteiger partial charge in [0.05, 0.1) is 12.7 Å². The van der Waals surface area contributed by atoms with Crippen LogP contribution in [-0.2, 0) is 0 Å². The molecule has 1 amide bonds. The number of nitrogens with one attached hydrogen (secondary N) is 1. The van der Waals surface area contributed by atoms with E-state index in [1.807, 2.05) is 31.2 Å². The fourth-order valence-electron chi connectivity index (χ4n) is 2.44. The number of para-hydroxylation sites is 1. The Morgan fingerprint density at radius 2 is 2.00 bits per heavy atom. The van der Waals surface area contributed by atoms with Crippen LogP contribution >= 0.6 is 0 Å². The van der Waals surface area contributed by atoms with Crippen molar-refractivity contribution in [3.8, 4) is 5.75 Å². The van der Waals surface area contributed by atoms with Crippen LogP contribution < -0.4 is 10.1 Å². The van der Waals surface area contributed by atoms with E-state index in [0.29, 0.717) is 23.0 Å². The van der Waals surface area contributed by atoms with E-state index in [4.69, 9.17) is 9.26 Å². The molecule has 1 N–H and O–H groups in total. The molecule has 1 atom stereocenters. The minimum absolute atomic E-state index is 0.286. The highest BCUT2D eigenvalue weighted by atomic mass is 16.5. The predicted octanol–water partition coefficient (Wildman–Crippen LogP) is 2.61. The van der Waals surface area contributed by atoms with E-state index in [9.17, 15) is 4.79 Å². The molecule has 7 heteroatoms. The van der Waals surface area contributed by atoms with Crippen LogP contribution in [0.5, 0.6) is 5.75 Å². The molecular weight excluding hydrogens is 320 g/mol. The highest BCUT2D eigenvalue weighted by Gasteiger charge is 2.25. The van der Waals surface area contributed by atoms with Gasteiger partial charge >= 0.3 is 0 Å². The molecule has 0 radical (unpaired) electrons. The Labute approximate surface area is 145 Å². The number of rotatable bonds is 5. The zero-order valence-corrected chi connectivity index (χ0v) is 14.2. The van der Waals surface area contributed by atoms with Crippen molar-refractivity contribution < 1.29 is 14.1 Å². The van der Waals surface area contributed by atoms with Crippen LogP contribution in [0, 0.1) is 13.8 Å². The van der Waals surface area contributed by atoms with Crippen LogP contribution in [0.2, 0.25) is 0 Å². The van der Waals surface area contributed by atoms with Crippen LogP contribution in [0.1, 0.15) is 39.4 Å². The summed E-state index contributed by atoms with van der Waals surface area (Å²) in [6.45, 7) is 3.56. The van der Waals surface area contributed by atoms with Crippen molar-refractivity contribution in [2.24, 2.45) is 0 Å². The number of ether oxygens (including phenoxy) is 1. The third-order valence-corrected chi connectivity index (χ3v) is 3.70. The Kier molecular flexibility index (Phi) is 4.74. The number of hydrogen-bond donors (Lipinski definition) is 1. The summed E-state index contributed by atoms with van der Waals surface area (Å²) in [5.74, 6) is 1.11. The van der Waals surface area contributed by atoms with Gasteiger partial charge in [0.15, 0.2) is 5.82 Å². The van der Waals surface area contributed by atoms with Gasteiger partial charge in [0.2, 0.25) is 5.89 Å². The second-order valence-electron chi connectivity index (χ2n) is 5.51. The summed E-state index contributed by atoms with van der Waals surface area (Å²) in [7, 11) is 1.57. The first-order chi connectivity index (χ1) is 12.1. The SMILES string of the molecule is COc1ccccc1[C@H](NC(=O)c1ccc(C)nc1)c1noc(C)n1. The minimum Gasteiger partial charge on any atom is -0.496 e. The number of methoxy groups -OCH3 is 1. The summed E-state index contributed by atoms with van der Waals surface area (Å²) in [4.78, 5) is 21.1. The number of carbonyl (C=O) groups is 1. The van der Waals surface area contributed by atoms with Gasteiger partial charge in [-0.3, -0.25) is 9.78 Å². The number of benzene rings is 1. The van der Waals surface area contributed by atoms with Gasteiger partial charge in [0.25, 0.3) is 5.91 Å². The maximum Gasteiger partial charge on any atom is 0.253 e. The first kappa shape index (κ1) is 16.6. The molecule has 0 saturated carbocycles. The Morgan fingerprint density at radius 3 is 2.64 bits per heavy atom. The first-order valence-corrected chi connectivity index (χ1v) is 7.75. The van der Waals surface area contributed by atoms with Crippen LogP contribution in [0.25, 0.3) is 0 Å². The van der Waals surface area contributed by atoms with Crippen LogP contribution in [0.3, 0.4) is 0 Å². The maximum absolute atomic E-state index is 12.6. The van der Waals surface area contributed by atoms with E-state index in [0.717, 1.165) is 11.3 Å². The summed E-state index contributed by atoms with van der Waals surface area (Å²) in [5, 5.41) is 6.89. The molecule has 2 aromatic heterocycles. The largest absolute Gasteiger partial charge is 0.496 e. The smallest absolute Gasteiger partial charge is 0.253 e. The molecule has 0 unspecified atom stereocenters. The fourth-order valence-corrected chi connectivity index (χ4v) is 2.44. The third-order valence-electron chi connectivity index (χ3n) is 3.70. The highest BCUT2D eigenvalue weighted by molar-refractivity contribution is 5.94. The molecule has 0 saturated heterocycles. The molecule has 7 nitrogen and oxygen atoms in total. The van der Waals surface area contributed by atoms with E-state index in [1.165, 1.54) is 6.20 Å². The molecule has 0 spiro atoms. The molecule has 25 heavy (non-hydrogen) atoms. The third kappa shape index (κ3) is 3.65. The number of aryl methyl sites for hydroxylation is 2. The quantitative estimate of drug-likeness (QED) is 0.769. The van der Waals surface area contributed by atoms with Gasteiger partial charge in [0, 0.05) is 24.4 Å². The molecule has 3 rings (SSSR count). The number of pyridine rings is 1. The van der Waals surface area contributed by atoms with E-state index >= 15 is 0 Å². The monoisotopic (exact) mass is 338 g/mol. The Hall–Kier alpha value is -3.22. The van der Waals surface area contributed by atoms with Crippen molar-refractivity contribution in [2.75, 3.05) is 7.11 Å². The average molecular weight is 338 g/mol. The molecule has 0 aliphatic carbocycles. The van der Waals surface area contributed by atoms with Crippen molar-refractivity contribution in [1.82, 2.24) is 20.4 Å². The number of nitrogens with zero attached hydrogens (tertiary/aromatic N) is 3. The summed E-state index contributed by atoms with van der Waals surface area (Å²) in [6, 6.07) is 10.3. The van der Waals surface area contributed by atoms with Crippen molar-refractivity contribution in [2.45, 2.75) is 19.9 Å². The average Bonchev–Trinajstić information content (AvgIpc) is 3.06. The van der Waals surface area contributed by atoms with Crippen molar-refractivity contribution >= 4 is 5.91 Å². The number of carbonyl (C=O) groups excluding carboxylic acids is 1. The van der Waals surface area contributed by atoms with E-state index in [2.05, 4.69) is 20.4 Å². The minimum atomic E-state index is -0.609. The second kappa shape index (κ2) is 7.12. The van der Waals surface area contributed by atoms with Gasteiger partial charge in [-0.25, -0.2) is 0 Å². The van der Waals surface area contributed by atoms with Crippen molar-refractivity contribution in [1.29, 1.82) is 0 Å².